The normalized spacial score (nSPS) is 11.0. The molecule has 0 rings (SSSR count). The predicted octanol–water partition coefficient (Wildman–Crippen LogP) is 0.443. The zero-order chi connectivity index (χ0) is 9.56. The fourth-order valence-electron chi connectivity index (χ4n) is 0.646. The quantitative estimate of drug-likeness (QED) is 0.372. The average Bonchev–Trinajstić information content (AvgIpc) is 1.99. The average molecular weight is 173 g/mol. The number of ketones is 1. The zero-order valence-corrected chi connectivity index (χ0v) is 7.03. The highest BCUT2D eigenvalue weighted by Crippen LogP contribution is 1.93. The smallest absolute Gasteiger partial charge is 0.361 e. The minimum Gasteiger partial charge on any atom is -0.476 e. The first-order valence-electron chi connectivity index (χ1n) is 3.51. The Hall–Kier alpha value is -1.39. The van der Waals surface area contributed by atoms with Gasteiger partial charge in [0, 0.05) is 6.42 Å². The van der Waals surface area contributed by atoms with Crippen LogP contribution in [0.5, 0.6) is 0 Å². The van der Waals surface area contributed by atoms with Gasteiger partial charge in [0.1, 0.15) is 7.11 Å². The van der Waals surface area contributed by atoms with Crippen LogP contribution >= 0.6 is 0 Å². The van der Waals surface area contributed by atoms with Gasteiger partial charge in [-0.25, -0.2) is 4.79 Å². The lowest BCUT2D eigenvalue weighted by molar-refractivity contribution is -0.130. The molecule has 0 saturated heterocycles. The number of carbonyl (C=O) groups is 2. The number of hydrogen-bond acceptors (Lipinski definition) is 4. The van der Waals surface area contributed by atoms with E-state index in [9.17, 15) is 9.59 Å². The molecule has 0 aliphatic heterocycles. The SMILES string of the molecule is CCCC(=O)C(=NOC)C(=O)O. The second-order valence-electron chi connectivity index (χ2n) is 2.10. The number of nitrogens with zero attached hydrogens (tertiary/aromatic N) is 1. The number of carbonyl (C=O) groups excluding carboxylic acids is 1. The third kappa shape index (κ3) is 3.14. The first-order chi connectivity index (χ1) is 5.63. The van der Waals surface area contributed by atoms with E-state index >= 15 is 0 Å². The van der Waals surface area contributed by atoms with Gasteiger partial charge < -0.3 is 9.94 Å². The van der Waals surface area contributed by atoms with E-state index in [1.165, 1.54) is 7.11 Å². The summed E-state index contributed by atoms with van der Waals surface area (Å²) in [5, 5.41) is 11.6. The molecule has 0 aromatic rings. The van der Waals surface area contributed by atoms with Crippen molar-refractivity contribution in [1.29, 1.82) is 0 Å². The number of rotatable bonds is 5. The molecule has 12 heavy (non-hydrogen) atoms. The second kappa shape index (κ2) is 5.29. The van der Waals surface area contributed by atoms with Crippen LogP contribution in [0.1, 0.15) is 19.8 Å². The van der Waals surface area contributed by atoms with Gasteiger partial charge in [0.2, 0.25) is 5.71 Å². The number of hydrogen-bond donors (Lipinski definition) is 1. The molecule has 0 amide bonds. The van der Waals surface area contributed by atoms with Crippen LogP contribution < -0.4 is 0 Å². The molecule has 0 fully saturated rings. The summed E-state index contributed by atoms with van der Waals surface area (Å²) in [7, 11) is 1.20. The van der Waals surface area contributed by atoms with E-state index in [2.05, 4.69) is 9.99 Å². The molecule has 0 aromatic carbocycles. The van der Waals surface area contributed by atoms with Crippen molar-refractivity contribution in [2.45, 2.75) is 19.8 Å². The summed E-state index contributed by atoms with van der Waals surface area (Å²) in [6, 6.07) is 0. The number of oxime groups is 1. The fraction of sp³-hybridized carbons (Fsp3) is 0.571. The lowest BCUT2D eigenvalue weighted by Crippen LogP contribution is -2.23. The Bertz CT molecular complexity index is 209. The molecule has 0 aliphatic carbocycles. The van der Waals surface area contributed by atoms with E-state index in [4.69, 9.17) is 5.11 Å². The summed E-state index contributed by atoms with van der Waals surface area (Å²) in [5.41, 5.74) is -0.542. The van der Waals surface area contributed by atoms with Crippen molar-refractivity contribution in [2.24, 2.45) is 5.16 Å². The maximum absolute atomic E-state index is 11.0. The van der Waals surface area contributed by atoms with Crippen molar-refractivity contribution in [1.82, 2.24) is 0 Å². The van der Waals surface area contributed by atoms with Crippen LogP contribution in [0.15, 0.2) is 5.16 Å². The molecule has 0 aromatic heterocycles. The Morgan fingerprint density at radius 2 is 2.08 bits per heavy atom. The minimum atomic E-state index is -1.35. The fourth-order valence-corrected chi connectivity index (χ4v) is 0.646. The number of carboxylic acid groups (broad SMARTS) is 1. The Kier molecular flexibility index (Phi) is 4.67. The number of carboxylic acids is 1. The van der Waals surface area contributed by atoms with Gasteiger partial charge in [-0.1, -0.05) is 12.1 Å². The largest absolute Gasteiger partial charge is 0.476 e. The van der Waals surface area contributed by atoms with Gasteiger partial charge in [0.25, 0.3) is 0 Å². The molecular formula is C7H11NO4. The standard InChI is InChI=1S/C7H11NO4/c1-3-4-5(9)6(7(10)11)8-12-2/h3-4H2,1-2H3,(H,10,11). The predicted molar refractivity (Wildman–Crippen MR) is 42.0 cm³/mol. The summed E-state index contributed by atoms with van der Waals surface area (Å²) in [6.07, 6.45) is 0.767. The lowest BCUT2D eigenvalue weighted by Gasteiger charge is -1.96. The van der Waals surface area contributed by atoms with Gasteiger partial charge in [-0.15, -0.1) is 0 Å². The van der Waals surface area contributed by atoms with Crippen molar-refractivity contribution in [3.05, 3.63) is 0 Å². The first kappa shape index (κ1) is 10.6. The van der Waals surface area contributed by atoms with E-state index in [-0.39, 0.29) is 6.42 Å². The van der Waals surface area contributed by atoms with Crippen LogP contribution in [0.4, 0.5) is 0 Å². The van der Waals surface area contributed by atoms with E-state index in [0.29, 0.717) is 6.42 Å². The Balaban J connectivity index is 4.41. The van der Waals surface area contributed by atoms with Crippen LogP contribution in [-0.4, -0.2) is 29.7 Å². The Labute approximate surface area is 70.0 Å². The Morgan fingerprint density at radius 1 is 1.50 bits per heavy atom. The monoisotopic (exact) mass is 173 g/mol. The van der Waals surface area contributed by atoms with Gasteiger partial charge in [-0.2, -0.15) is 0 Å². The second-order valence-corrected chi connectivity index (χ2v) is 2.10. The molecular weight excluding hydrogens is 162 g/mol. The van der Waals surface area contributed by atoms with E-state index in [1.807, 2.05) is 0 Å². The molecule has 0 bridgehead atoms. The molecule has 5 heteroatoms. The van der Waals surface area contributed by atoms with Crippen molar-refractivity contribution in [2.75, 3.05) is 7.11 Å². The van der Waals surface area contributed by atoms with Gasteiger partial charge in [0.15, 0.2) is 5.78 Å². The van der Waals surface area contributed by atoms with Gasteiger partial charge in [0.05, 0.1) is 0 Å². The van der Waals surface area contributed by atoms with Crippen molar-refractivity contribution in [3.63, 3.8) is 0 Å². The molecule has 5 nitrogen and oxygen atoms in total. The number of aliphatic carboxylic acids is 1. The van der Waals surface area contributed by atoms with E-state index < -0.39 is 17.5 Å². The van der Waals surface area contributed by atoms with Gasteiger partial charge >= 0.3 is 5.97 Å². The summed E-state index contributed by atoms with van der Waals surface area (Å²) in [6.45, 7) is 1.78. The highest BCUT2D eigenvalue weighted by atomic mass is 16.6. The highest BCUT2D eigenvalue weighted by Gasteiger charge is 2.18. The third-order valence-corrected chi connectivity index (χ3v) is 1.13. The van der Waals surface area contributed by atoms with Gasteiger partial charge in [-0.05, 0) is 6.42 Å². The van der Waals surface area contributed by atoms with E-state index in [0.717, 1.165) is 0 Å². The minimum absolute atomic E-state index is 0.175. The van der Waals surface area contributed by atoms with Crippen molar-refractivity contribution in [3.8, 4) is 0 Å². The molecule has 0 spiro atoms. The van der Waals surface area contributed by atoms with Crippen molar-refractivity contribution >= 4 is 17.5 Å². The number of Topliss-reactive ketones (excluding diaryl/α,β-unsaturated/α-hetero) is 1. The maximum atomic E-state index is 11.0. The highest BCUT2D eigenvalue weighted by molar-refractivity contribution is 6.63. The molecule has 68 valence electrons. The topological polar surface area (TPSA) is 76.0 Å². The van der Waals surface area contributed by atoms with Crippen LogP contribution in [0.2, 0.25) is 0 Å². The van der Waals surface area contributed by atoms with Crippen LogP contribution in [0, 0.1) is 0 Å². The molecule has 0 radical (unpaired) electrons. The molecule has 0 unspecified atom stereocenters. The van der Waals surface area contributed by atoms with Crippen LogP contribution in [-0.2, 0) is 14.4 Å². The van der Waals surface area contributed by atoms with Crippen LogP contribution in [0.3, 0.4) is 0 Å². The van der Waals surface area contributed by atoms with Crippen LogP contribution in [0.25, 0.3) is 0 Å². The summed E-state index contributed by atoms with van der Waals surface area (Å²) in [4.78, 5) is 25.6. The molecule has 0 heterocycles. The summed E-state index contributed by atoms with van der Waals surface area (Å²) < 4.78 is 0. The molecule has 1 N–H and O–H groups in total. The van der Waals surface area contributed by atoms with Gasteiger partial charge in [-0.3, -0.25) is 4.79 Å². The summed E-state index contributed by atoms with van der Waals surface area (Å²) in [5.74, 6) is -1.86. The first-order valence-corrected chi connectivity index (χ1v) is 3.51. The lowest BCUT2D eigenvalue weighted by atomic mass is 10.1. The van der Waals surface area contributed by atoms with E-state index in [1.54, 1.807) is 6.92 Å². The molecule has 0 saturated carbocycles. The zero-order valence-electron chi connectivity index (χ0n) is 7.03. The Morgan fingerprint density at radius 3 is 2.42 bits per heavy atom. The molecule has 0 aliphatic rings. The summed E-state index contributed by atoms with van der Waals surface area (Å²) >= 11 is 0. The molecule has 0 atom stereocenters. The third-order valence-electron chi connectivity index (χ3n) is 1.13. The maximum Gasteiger partial charge on any atom is 0.361 e. The van der Waals surface area contributed by atoms with Crippen molar-refractivity contribution < 1.29 is 19.5 Å².